The van der Waals surface area contributed by atoms with Crippen LogP contribution >= 0.6 is 11.8 Å². The van der Waals surface area contributed by atoms with E-state index in [9.17, 15) is 0 Å². The molecule has 2 fully saturated rings. The van der Waals surface area contributed by atoms with Gasteiger partial charge in [-0.1, -0.05) is 11.8 Å². The molecule has 0 bridgehead atoms. The van der Waals surface area contributed by atoms with Gasteiger partial charge in [0.15, 0.2) is 11.1 Å². The first-order valence-electron chi connectivity index (χ1n) is 3.80. The lowest BCUT2D eigenvalue weighted by molar-refractivity contribution is 0.146. The van der Waals surface area contributed by atoms with Crippen molar-refractivity contribution in [2.24, 2.45) is 0 Å². The smallest absolute Gasteiger partial charge is 0.159 e. The Labute approximate surface area is 70.0 Å². The fourth-order valence-corrected chi connectivity index (χ4v) is 2.09. The third kappa shape index (κ3) is 2.07. The molecule has 2 atom stereocenters. The fraction of sp³-hybridized carbons (Fsp3) is 1.00. The van der Waals surface area contributed by atoms with Gasteiger partial charge >= 0.3 is 0 Å². The maximum atomic E-state index is 5.35. The lowest BCUT2D eigenvalue weighted by atomic mass is 10.7. The van der Waals surface area contributed by atoms with Gasteiger partial charge in [-0.2, -0.15) is 0 Å². The molecule has 0 aromatic carbocycles. The molecule has 0 aliphatic carbocycles. The molecule has 5 heteroatoms. The molecule has 0 radical (unpaired) electrons. The Kier molecular flexibility index (Phi) is 2.65. The molecule has 64 valence electrons. The van der Waals surface area contributed by atoms with Crippen LogP contribution in [0.5, 0.6) is 0 Å². The normalized spacial score (nSPS) is 38.2. The van der Waals surface area contributed by atoms with Gasteiger partial charge in [0.05, 0.1) is 13.2 Å². The van der Waals surface area contributed by atoms with Gasteiger partial charge in [0.2, 0.25) is 0 Å². The van der Waals surface area contributed by atoms with Crippen LogP contribution in [0.25, 0.3) is 0 Å². The second kappa shape index (κ2) is 3.73. The molecule has 0 saturated carbocycles. The minimum Gasteiger partial charge on any atom is -0.352 e. The summed E-state index contributed by atoms with van der Waals surface area (Å²) in [7, 11) is 0. The first-order valence-corrected chi connectivity index (χ1v) is 4.75. The van der Waals surface area contributed by atoms with Gasteiger partial charge in [-0.15, -0.1) is 0 Å². The Morgan fingerprint density at radius 1 is 1.00 bits per heavy atom. The van der Waals surface area contributed by atoms with Crippen molar-refractivity contribution in [3.05, 3.63) is 0 Å². The van der Waals surface area contributed by atoms with Crippen LogP contribution in [-0.4, -0.2) is 37.4 Å². The maximum absolute atomic E-state index is 5.35. The summed E-state index contributed by atoms with van der Waals surface area (Å²) in [5, 5.41) is 6.41. The Hall–Kier alpha value is 0.190. The molecule has 0 amide bonds. The number of ether oxygens (including phenoxy) is 2. The molecule has 0 aromatic heterocycles. The molecule has 2 rings (SSSR count). The van der Waals surface area contributed by atoms with Crippen molar-refractivity contribution in [3.8, 4) is 0 Å². The molecular weight excluding hydrogens is 164 g/mol. The van der Waals surface area contributed by atoms with Crippen LogP contribution in [0.15, 0.2) is 0 Å². The third-order valence-electron chi connectivity index (χ3n) is 1.61. The third-order valence-corrected chi connectivity index (χ3v) is 2.71. The van der Waals surface area contributed by atoms with Gasteiger partial charge in [0.25, 0.3) is 0 Å². The highest BCUT2D eigenvalue weighted by Crippen LogP contribution is 2.20. The molecular formula is C6H12N2O2S. The van der Waals surface area contributed by atoms with E-state index in [-0.39, 0.29) is 11.1 Å². The van der Waals surface area contributed by atoms with Crippen LogP contribution in [0.2, 0.25) is 0 Å². The highest BCUT2D eigenvalue weighted by molar-refractivity contribution is 8.00. The Balaban J connectivity index is 1.71. The van der Waals surface area contributed by atoms with Crippen LogP contribution in [0.3, 0.4) is 0 Å². The monoisotopic (exact) mass is 176 g/mol. The molecule has 2 saturated heterocycles. The molecule has 2 N–H and O–H groups in total. The number of hydrogen-bond donors (Lipinski definition) is 2. The van der Waals surface area contributed by atoms with Gasteiger partial charge in [-0.25, -0.2) is 0 Å². The zero-order chi connectivity index (χ0) is 7.52. The van der Waals surface area contributed by atoms with E-state index in [4.69, 9.17) is 9.47 Å². The van der Waals surface area contributed by atoms with E-state index in [1.165, 1.54) is 0 Å². The zero-order valence-electron chi connectivity index (χ0n) is 6.21. The number of hydrogen-bond acceptors (Lipinski definition) is 5. The van der Waals surface area contributed by atoms with Crippen molar-refractivity contribution in [2.75, 3.05) is 26.3 Å². The van der Waals surface area contributed by atoms with E-state index in [2.05, 4.69) is 10.6 Å². The summed E-state index contributed by atoms with van der Waals surface area (Å²) < 4.78 is 10.7. The lowest BCUT2D eigenvalue weighted by Gasteiger charge is -2.14. The summed E-state index contributed by atoms with van der Waals surface area (Å²) in [5.74, 6) is 0. The minimum absolute atomic E-state index is 0.116. The number of nitrogens with one attached hydrogen (secondary N) is 2. The average molecular weight is 176 g/mol. The Bertz CT molecular complexity index is 110. The quantitative estimate of drug-likeness (QED) is 0.595. The average Bonchev–Trinajstić information content (AvgIpc) is 2.60. The molecule has 2 aliphatic rings. The standard InChI is InChI=1S/C6H12N2O2S/c1-3-9-5(7-1)11-6-8-2-4-10-6/h5-8H,1-4H2. The van der Waals surface area contributed by atoms with Gasteiger partial charge < -0.3 is 9.47 Å². The van der Waals surface area contributed by atoms with Crippen molar-refractivity contribution >= 4 is 11.8 Å². The second-order valence-electron chi connectivity index (χ2n) is 2.45. The van der Waals surface area contributed by atoms with Crippen molar-refractivity contribution < 1.29 is 9.47 Å². The predicted molar refractivity (Wildman–Crippen MR) is 43.1 cm³/mol. The topological polar surface area (TPSA) is 42.5 Å². The van der Waals surface area contributed by atoms with Gasteiger partial charge in [0.1, 0.15) is 0 Å². The summed E-state index contributed by atoms with van der Waals surface area (Å²) in [5.41, 5.74) is 0.233. The van der Waals surface area contributed by atoms with E-state index >= 15 is 0 Å². The van der Waals surface area contributed by atoms with E-state index in [1.54, 1.807) is 11.8 Å². The first-order chi connectivity index (χ1) is 5.45. The molecule has 2 heterocycles. The van der Waals surface area contributed by atoms with Crippen LogP contribution in [0, 0.1) is 0 Å². The number of rotatable bonds is 2. The van der Waals surface area contributed by atoms with Crippen molar-refractivity contribution in [3.63, 3.8) is 0 Å². The zero-order valence-corrected chi connectivity index (χ0v) is 7.02. The van der Waals surface area contributed by atoms with Crippen LogP contribution < -0.4 is 10.6 Å². The summed E-state index contributed by atoms with van der Waals surface area (Å²) >= 11 is 1.65. The van der Waals surface area contributed by atoms with E-state index in [1.807, 2.05) is 0 Å². The molecule has 11 heavy (non-hydrogen) atoms. The number of thioether (sulfide) groups is 1. The molecule has 4 nitrogen and oxygen atoms in total. The highest BCUT2D eigenvalue weighted by Gasteiger charge is 2.23. The molecule has 0 spiro atoms. The Morgan fingerprint density at radius 2 is 1.55 bits per heavy atom. The first kappa shape index (κ1) is 7.82. The molecule has 2 aliphatic heterocycles. The summed E-state index contributed by atoms with van der Waals surface area (Å²) in [6.45, 7) is 3.52. The van der Waals surface area contributed by atoms with Crippen LogP contribution in [0.1, 0.15) is 0 Å². The van der Waals surface area contributed by atoms with E-state index < -0.39 is 0 Å². The SMILES string of the molecule is C1COC(SC2NCCO2)N1. The Morgan fingerprint density at radius 3 is 1.91 bits per heavy atom. The highest BCUT2D eigenvalue weighted by atomic mass is 32.2. The van der Waals surface area contributed by atoms with Crippen molar-refractivity contribution in [2.45, 2.75) is 11.1 Å². The van der Waals surface area contributed by atoms with Crippen molar-refractivity contribution in [1.29, 1.82) is 0 Å². The molecule has 2 unspecified atom stereocenters. The van der Waals surface area contributed by atoms with E-state index in [0.717, 1.165) is 26.3 Å². The molecule has 0 aromatic rings. The van der Waals surface area contributed by atoms with E-state index in [0.29, 0.717) is 0 Å². The van der Waals surface area contributed by atoms with Gasteiger partial charge in [-0.3, -0.25) is 10.6 Å². The largest absolute Gasteiger partial charge is 0.352 e. The minimum atomic E-state index is 0.116. The summed E-state index contributed by atoms with van der Waals surface area (Å²) in [6.07, 6.45) is 0. The van der Waals surface area contributed by atoms with Crippen molar-refractivity contribution in [1.82, 2.24) is 10.6 Å². The van der Waals surface area contributed by atoms with Gasteiger partial charge in [0, 0.05) is 13.1 Å². The predicted octanol–water partition coefficient (Wildman–Crippen LogP) is -0.474. The van der Waals surface area contributed by atoms with Crippen LogP contribution in [-0.2, 0) is 9.47 Å². The maximum Gasteiger partial charge on any atom is 0.159 e. The lowest BCUT2D eigenvalue weighted by Crippen LogP contribution is -2.27. The summed E-state index contributed by atoms with van der Waals surface area (Å²) in [4.78, 5) is 0. The fourth-order valence-electron chi connectivity index (χ4n) is 1.09. The van der Waals surface area contributed by atoms with Gasteiger partial charge in [-0.05, 0) is 0 Å². The second-order valence-corrected chi connectivity index (χ2v) is 3.58. The summed E-state index contributed by atoms with van der Waals surface area (Å²) in [6, 6.07) is 0. The van der Waals surface area contributed by atoms with Crippen LogP contribution in [0.4, 0.5) is 0 Å².